The van der Waals surface area contributed by atoms with Crippen LogP contribution >= 0.6 is 0 Å². The van der Waals surface area contributed by atoms with E-state index in [2.05, 4.69) is 21.7 Å². The van der Waals surface area contributed by atoms with E-state index in [1.807, 2.05) is 49.4 Å². The SMILES string of the molecule is CCNC(=NCc1ccc2c(c1)OCO2)NCc1ccc(C#N)cc1. The summed E-state index contributed by atoms with van der Waals surface area (Å²) < 4.78 is 10.7. The minimum Gasteiger partial charge on any atom is -0.454 e. The van der Waals surface area contributed by atoms with Crippen LogP contribution in [0.3, 0.4) is 0 Å². The lowest BCUT2D eigenvalue weighted by atomic mass is 10.1. The van der Waals surface area contributed by atoms with Crippen LogP contribution in [0.5, 0.6) is 11.5 Å². The molecule has 1 aliphatic rings. The smallest absolute Gasteiger partial charge is 0.231 e. The Bertz CT molecular complexity index is 794. The maximum Gasteiger partial charge on any atom is 0.231 e. The first-order valence-electron chi connectivity index (χ1n) is 8.18. The molecule has 6 nitrogen and oxygen atoms in total. The van der Waals surface area contributed by atoms with Crippen molar-refractivity contribution in [1.82, 2.24) is 10.6 Å². The first-order valence-corrected chi connectivity index (χ1v) is 8.18. The summed E-state index contributed by atoms with van der Waals surface area (Å²) in [7, 11) is 0. The standard InChI is InChI=1S/C19H20N4O2/c1-2-21-19(22-11-15-5-3-14(10-20)4-6-15)23-12-16-7-8-17-18(9-16)25-13-24-17/h3-9H,2,11-13H2,1H3,(H2,21,22,23). The Labute approximate surface area is 147 Å². The predicted molar refractivity (Wildman–Crippen MR) is 95.4 cm³/mol. The van der Waals surface area contributed by atoms with Crippen molar-refractivity contribution in [3.8, 4) is 17.6 Å². The van der Waals surface area contributed by atoms with Gasteiger partial charge in [-0.2, -0.15) is 5.26 Å². The van der Waals surface area contributed by atoms with Gasteiger partial charge in [0, 0.05) is 13.1 Å². The molecule has 0 atom stereocenters. The number of benzene rings is 2. The highest BCUT2D eigenvalue weighted by Crippen LogP contribution is 2.32. The van der Waals surface area contributed by atoms with Crippen LogP contribution in [0.15, 0.2) is 47.5 Å². The predicted octanol–water partition coefficient (Wildman–Crippen LogP) is 2.54. The Morgan fingerprint density at radius 2 is 1.84 bits per heavy atom. The maximum absolute atomic E-state index is 8.84. The molecule has 3 rings (SSSR count). The Morgan fingerprint density at radius 1 is 1.08 bits per heavy atom. The van der Waals surface area contributed by atoms with Gasteiger partial charge in [-0.1, -0.05) is 18.2 Å². The van der Waals surface area contributed by atoms with Crippen LogP contribution in [0, 0.1) is 11.3 Å². The molecule has 0 saturated carbocycles. The first kappa shape index (κ1) is 16.7. The summed E-state index contributed by atoms with van der Waals surface area (Å²) in [4.78, 5) is 4.60. The van der Waals surface area contributed by atoms with Gasteiger partial charge in [0.15, 0.2) is 17.5 Å². The number of fused-ring (bicyclic) bond motifs is 1. The van der Waals surface area contributed by atoms with Gasteiger partial charge in [-0.3, -0.25) is 0 Å². The molecule has 1 aliphatic heterocycles. The molecule has 0 radical (unpaired) electrons. The number of hydrogen-bond donors (Lipinski definition) is 2. The number of ether oxygens (including phenoxy) is 2. The first-order chi connectivity index (χ1) is 12.3. The van der Waals surface area contributed by atoms with Crippen LogP contribution in [0.1, 0.15) is 23.6 Å². The Hall–Kier alpha value is -3.20. The highest BCUT2D eigenvalue weighted by Gasteiger charge is 2.12. The largest absolute Gasteiger partial charge is 0.454 e. The van der Waals surface area contributed by atoms with Gasteiger partial charge in [-0.05, 0) is 42.3 Å². The van der Waals surface area contributed by atoms with Gasteiger partial charge in [0.2, 0.25) is 6.79 Å². The fourth-order valence-electron chi connectivity index (χ4n) is 2.43. The van der Waals surface area contributed by atoms with E-state index in [1.165, 1.54) is 0 Å². The Kier molecular flexibility index (Phi) is 5.37. The van der Waals surface area contributed by atoms with Crippen LogP contribution in [0.2, 0.25) is 0 Å². The molecule has 0 unspecified atom stereocenters. The molecular weight excluding hydrogens is 316 g/mol. The fraction of sp³-hybridized carbons (Fsp3) is 0.263. The lowest BCUT2D eigenvalue weighted by Gasteiger charge is -2.11. The van der Waals surface area contributed by atoms with Gasteiger partial charge < -0.3 is 20.1 Å². The molecule has 0 bridgehead atoms. The second-order valence-electron chi connectivity index (χ2n) is 5.55. The summed E-state index contributed by atoms with van der Waals surface area (Å²) in [6, 6.07) is 15.5. The molecule has 0 spiro atoms. The molecule has 0 amide bonds. The second-order valence-corrected chi connectivity index (χ2v) is 5.55. The summed E-state index contributed by atoms with van der Waals surface area (Å²) >= 11 is 0. The highest BCUT2D eigenvalue weighted by molar-refractivity contribution is 5.79. The van der Waals surface area contributed by atoms with E-state index in [9.17, 15) is 0 Å². The van der Waals surface area contributed by atoms with Crippen LogP contribution in [-0.2, 0) is 13.1 Å². The van der Waals surface area contributed by atoms with Crippen molar-refractivity contribution in [2.24, 2.45) is 4.99 Å². The molecule has 0 aromatic heterocycles. The summed E-state index contributed by atoms with van der Waals surface area (Å²) in [5.74, 6) is 2.28. The van der Waals surface area contributed by atoms with E-state index in [1.54, 1.807) is 0 Å². The number of hydrogen-bond acceptors (Lipinski definition) is 4. The molecule has 128 valence electrons. The van der Waals surface area contributed by atoms with Gasteiger partial charge in [-0.15, -0.1) is 0 Å². The summed E-state index contributed by atoms with van der Waals surface area (Å²) in [5, 5.41) is 15.4. The lowest BCUT2D eigenvalue weighted by Crippen LogP contribution is -2.36. The van der Waals surface area contributed by atoms with Crippen LogP contribution in [-0.4, -0.2) is 19.3 Å². The molecule has 0 aliphatic carbocycles. The molecule has 25 heavy (non-hydrogen) atoms. The molecule has 2 N–H and O–H groups in total. The average molecular weight is 336 g/mol. The number of guanidine groups is 1. The van der Waals surface area contributed by atoms with Gasteiger partial charge >= 0.3 is 0 Å². The summed E-state index contributed by atoms with van der Waals surface area (Å²) in [5.41, 5.74) is 2.81. The van der Waals surface area contributed by atoms with E-state index in [0.717, 1.165) is 35.1 Å². The maximum atomic E-state index is 8.84. The van der Waals surface area contributed by atoms with Crippen molar-refractivity contribution >= 4 is 5.96 Å². The van der Waals surface area contributed by atoms with E-state index in [-0.39, 0.29) is 6.79 Å². The van der Waals surface area contributed by atoms with E-state index in [4.69, 9.17) is 14.7 Å². The Balaban J connectivity index is 1.61. The van der Waals surface area contributed by atoms with Crippen molar-refractivity contribution in [3.05, 3.63) is 59.2 Å². The van der Waals surface area contributed by atoms with E-state index in [0.29, 0.717) is 18.7 Å². The zero-order valence-electron chi connectivity index (χ0n) is 14.1. The Morgan fingerprint density at radius 3 is 2.60 bits per heavy atom. The third-order valence-corrected chi connectivity index (χ3v) is 3.74. The molecule has 0 fully saturated rings. The average Bonchev–Trinajstić information content (AvgIpc) is 3.12. The fourth-order valence-corrected chi connectivity index (χ4v) is 2.43. The van der Waals surface area contributed by atoms with E-state index < -0.39 is 0 Å². The number of rotatable bonds is 5. The van der Waals surface area contributed by atoms with Crippen LogP contribution in [0.25, 0.3) is 0 Å². The topological polar surface area (TPSA) is 78.7 Å². The normalized spacial score (nSPS) is 12.6. The van der Waals surface area contributed by atoms with Crippen molar-refractivity contribution in [2.45, 2.75) is 20.0 Å². The lowest BCUT2D eigenvalue weighted by molar-refractivity contribution is 0.174. The second kappa shape index (κ2) is 8.06. The quantitative estimate of drug-likeness (QED) is 0.648. The van der Waals surface area contributed by atoms with Gasteiger partial charge in [0.1, 0.15) is 0 Å². The molecule has 2 aromatic rings. The zero-order chi connectivity index (χ0) is 17.5. The number of nitriles is 1. The number of nitrogens with one attached hydrogen (secondary N) is 2. The molecular formula is C19H20N4O2. The molecule has 6 heteroatoms. The number of aliphatic imine (C=N–C) groups is 1. The number of nitrogens with zero attached hydrogens (tertiary/aromatic N) is 2. The van der Waals surface area contributed by atoms with Crippen LogP contribution < -0.4 is 20.1 Å². The van der Waals surface area contributed by atoms with Crippen molar-refractivity contribution in [1.29, 1.82) is 5.26 Å². The van der Waals surface area contributed by atoms with Crippen LogP contribution in [0.4, 0.5) is 0 Å². The van der Waals surface area contributed by atoms with Gasteiger partial charge in [-0.25, -0.2) is 4.99 Å². The van der Waals surface area contributed by atoms with Crippen molar-refractivity contribution in [2.75, 3.05) is 13.3 Å². The van der Waals surface area contributed by atoms with Gasteiger partial charge in [0.25, 0.3) is 0 Å². The van der Waals surface area contributed by atoms with E-state index >= 15 is 0 Å². The minimum absolute atomic E-state index is 0.275. The third kappa shape index (κ3) is 4.42. The zero-order valence-corrected chi connectivity index (χ0v) is 14.1. The molecule has 2 aromatic carbocycles. The highest BCUT2D eigenvalue weighted by atomic mass is 16.7. The minimum atomic E-state index is 0.275. The molecule has 0 saturated heterocycles. The monoisotopic (exact) mass is 336 g/mol. The molecule has 1 heterocycles. The summed E-state index contributed by atoms with van der Waals surface area (Å²) in [6.07, 6.45) is 0. The third-order valence-electron chi connectivity index (χ3n) is 3.74. The summed E-state index contributed by atoms with van der Waals surface area (Å²) in [6.45, 7) is 4.26. The van der Waals surface area contributed by atoms with Crippen molar-refractivity contribution < 1.29 is 9.47 Å². The van der Waals surface area contributed by atoms with Crippen molar-refractivity contribution in [3.63, 3.8) is 0 Å². The van der Waals surface area contributed by atoms with Gasteiger partial charge in [0.05, 0.1) is 18.2 Å².